The maximum atomic E-state index is 4.48. The SMILES string of the molecule is CCCc1ncc(CN[C@@H]2[C@H]3CCC[C@@H]3[C@H]2c2ccccc2)cn1. The summed E-state index contributed by atoms with van der Waals surface area (Å²) in [7, 11) is 0. The molecular formula is C21H27N3. The molecule has 1 heterocycles. The average molecular weight is 321 g/mol. The quantitative estimate of drug-likeness (QED) is 0.870. The first kappa shape index (κ1) is 15.8. The van der Waals surface area contributed by atoms with Crippen LogP contribution in [0.3, 0.4) is 0 Å². The second-order valence-corrected chi connectivity index (χ2v) is 7.36. The van der Waals surface area contributed by atoms with Crippen LogP contribution in [0.1, 0.15) is 55.5 Å². The largest absolute Gasteiger partial charge is 0.309 e. The highest BCUT2D eigenvalue weighted by Crippen LogP contribution is 2.55. The molecule has 0 bridgehead atoms. The zero-order valence-electron chi connectivity index (χ0n) is 14.5. The lowest BCUT2D eigenvalue weighted by molar-refractivity contribution is 0.0940. The van der Waals surface area contributed by atoms with Crippen molar-refractivity contribution >= 4 is 0 Å². The van der Waals surface area contributed by atoms with E-state index in [4.69, 9.17) is 0 Å². The molecule has 0 saturated heterocycles. The molecule has 24 heavy (non-hydrogen) atoms. The van der Waals surface area contributed by atoms with Crippen LogP contribution >= 0.6 is 0 Å². The van der Waals surface area contributed by atoms with E-state index in [2.05, 4.69) is 52.5 Å². The Morgan fingerprint density at radius 1 is 1.04 bits per heavy atom. The molecule has 0 spiro atoms. The molecule has 4 atom stereocenters. The van der Waals surface area contributed by atoms with Gasteiger partial charge in [0.25, 0.3) is 0 Å². The number of nitrogens with one attached hydrogen (secondary N) is 1. The number of hydrogen-bond donors (Lipinski definition) is 1. The highest BCUT2D eigenvalue weighted by Gasteiger charge is 2.52. The highest BCUT2D eigenvalue weighted by molar-refractivity contribution is 5.28. The molecule has 3 nitrogen and oxygen atoms in total. The normalized spacial score (nSPS) is 28.4. The first-order chi connectivity index (χ1) is 11.9. The van der Waals surface area contributed by atoms with Crippen molar-refractivity contribution in [1.82, 2.24) is 15.3 Å². The van der Waals surface area contributed by atoms with E-state index >= 15 is 0 Å². The topological polar surface area (TPSA) is 37.8 Å². The van der Waals surface area contributed by atoms with E-state index in [9.17, 15) is 0 Å². The second-order valence-electron chi connectivity index (χ2n) is 7.36. The zero-order chi connectivity index (χ0) is 16.4. The van der Waals surface area contributed by atoms with Gasteiger partial charge in [0.1, 0.15) is 5.82 Å². The fourth-order valence-electron chi connectivity index (χ4n) is 4.77. The Morgan fingerprint density at radius 2 is 1.79 bits per heavy atom. The van der Waals surface area contributed by atoms with Crippen LogP contribution in [-0.4, -0.2) is 16.0 Å². The molecule has 1 aromatic carbocycles. The van der Waals surface area contributed by atoms with Crippen LogP contribution in [0.2, 0.25) is 0 Å². The van der Waals surface area contributed by atoms with Crippen molar-refractivity contribution in [3.05, 3.63) is 59.7 Å². The molecule has 0 radical (unpaired) electrons. The van der Waals surface area contributed by atoms with Crippen LogP contribution in [0.5, 0.6) is 0 Å². The number of aryl methyl sites for hydroxylation is 1. The first-order valence-corrected chi connectivity index (χ1v) is 9.45. The minimum Gasteiger partial charge on any atom is -0.309 e. The predicted molar refractivity (Wildman–Crippen MR) is 96.7 cm³/mol. The van der Waals surface area contributed by atoms with Crippen molar-refractivity contribution in [2.24, 2.45) is 11.8 Å². The first-order valence-electron chi connectivity index (χ1n) is 9.45. The fraction of sp³-hybridized carbons (Fsp3) is 0.524. The summed E-state index contributed by atoms with van der Waals surface area (Å²) in [6.07, 6.45) is 10.2. The van der Waals surface area contributed by atoms with Crippen LogP contribution in [0.4, 0.5) is 0 Å². The van der Waals surface area contributed by atoms with Gasteiger partial charge >= 0.3 is 0 Å². The molecule has 1 aromatic heterocycles. The number of hydrogen-bond acceptors (Lipinski definition) is 3. The van der Waals surface area contributed by atoms with Gasteiger partial charge in [0.15, 0.2) is 0 Å². The molecule has 0 unspecified atom stereocenters. The molecule has 2 saturated carbocycles. The van der Waals surface area contributed by atoms with Gasteiger partial charge in [-0.05, 0) is 36.7 Å². The number of benzene rings is 1. The fourth-order valence-corrected chi connectivity index (χ4v) is 4.77. The molecule has 126 valence electrons. The number of rotatable bonds is 6. The lowest BCUT2D eigenvalue weighted by Gasteiger charge is -2.50. The van der Waals surface area contributed by atoms with Gasteiger partial charge in [-0.15, -0.1) is 0 Å². The highest BCUT2D eigenvalue weighted by atomic mass is 15.0. The summed E-state index contributed by atoms with van der Waals surface area (Å²) in [4.78, 5) is 8.97. The Bertz CT molecular complexity index is 653. The molecule has 4 rings (SSSR count). The Hall–Kier alpha value is -1.74. The van der Waals surface area contributed by atoms with Crippen LogP contribution in [0.15, 0.2) is 42.7 Å². The van der Waals surface area contributed by atoms with E-state index in [1.807, 2.05) is 12.4 Å². The number of aromatic nitrogens is 2. The summed E-state index contributed by atoms with van der Waals surface area (Å²) in [6, 6.07) is 11.7. The molecule has 2 aliphatic carbocycles. The summed E-state index contributed by atoms with van der Waals surface area (Å²) < 4.78 is 0. The second kappa shape index (κ2) is 7.02. The Morgan fingerprint density at radius 3 is 2.54 bits per heavy atom. The average Bonchev–Trinajstić information content (AvgIpc) is 3.02. The molecule has 2 aliphatic rings. The third kappa shape index (κ3) is 2.98. The van der Waals surface area contributed by atoms with Crippen LogP contribution in [0, 0.1) is 11.8 Å². The van der Waals surface area contributed by atoms with Gasteiger partial charge in [-0.1, -0.05) is 43.7 Å². The Labute approximate surface area is 144 Å². The lowest BCUT2D eigenvalue weighted by atomic mass is 9.60. The van der Waals surface area contributed by atoms with Crippen LogP contribution in [0.25, 0.3) is 0 Å². The molecule has 2 aromatic rings. The minimum absolute atomic E-state index is 0.607. The lowest BCUT2D eigenvalue weighted by Crippen LogP contribution is -2.54. The van der Waals surface area contributed by atoms with E-state index in [1.54, 1.807) is 0 Å². The minimum atomic E-state index is 0.607. The third-order valence-corrected chi connectivity index (χ3v) is 5.89. The van der Waals surface area contributed by atoms with Crippen molar-refractivity contribution in [2.45, 2.75) is 57.5 Å². The summed E-state index contributed by atoms with van der Waals surface area (Å²) >= 11 is 0. The number of fused-ring (bicyclic) bond motifs is 1. The van der Waals surface area contributed by atoms with Gasteiger partial charge < -0.3 is 5.32 Å². The van der Waals surface area contributed by atoms with E-state index < -0.39 is 0 Å². The maximum absolute atomic E-state index is 4.48. The van der Waals surface area contributed by atoms with Gasteiger partial charge in [-0.25, -0.2) is 9.97 Å². The predicted octanol–water partition coefficient (Wildman–Crippen LogP) is 4.10. The van der Waals surface area contributed by atoms with E-state index in [0.717, 1.165) is 37.0 Å². The molecule has 1 N–H and O–H groups in total. The standard InChI is InChI=1S/C21H27N3/c1-2-7-19-22-12-15(13-23-19)14-24-21-18-11-6-10-17(18)20(21)16-8-4-3-5-9-16/h3-5,8-9,12-13,17-18,20-21,24H,2,6-7,10-11,14H2,1H3/t17-,18-,20+,21+/m0/s1. The smallest absolute Gasteiger partial charge is 0.128 e. The van der Waals surface area contributed by atoms with Gasteiger partial charge in [0, 0.05) is 42.9 Å². The van der Waals surface area contributed by atoms with Crippen molar-refractivity contribution < 1.29 is 0 Å². The van der Waals surface area contributed by atoms with Crippen molar-refractivity contribution in [3.63, 3.8) is 0 Å². The van der Waals surface area contributed by atoms with E-state index in [0.29, 0.717) is 12.0 Å². The number of nitrogens with zero attached hydrogens (tertiary/aromatic N) is 2. The van der Waals surface area contributed by atoms with Gasteiger partial charge in [0.05, 0.1) is 0 Å². The molecule has 0 amide bonds. The monoisotopic (exact) mass is 321 g/mol. The van der Waals surface area contributed by atoms with Crippen molar-refractivity contribution in [3.8, 4) is 0 Å². The van der Waals surface area contributed by atoms with Crippen LogP contribution < -0.4 is 5.32 Å². The maximum Gasteiger partial charge on any atom is 0.128 e. The van der Waals surface area contributed by atoms with E-state index in [-0.39, 0.29) is 0 Å². The summed E-state index contributed by atoms with van der Waals surface area (Å²) in [6.45, 7) is 3.04. The summed E-state index contributed by atoms with van der Waals surface area (Å²) in [5.74, 6) is 3.38. The molecular weight excluding hydrogens is 294 g/mol. The Balaban J connectivity index is 1.43. The zero-order valence-corrected chi connectivity index (χ0v) is 14.5. The molecule has 2 fully saturated rings. The van der Waals surface area contributed by atoms with Crippen molar-refractivity contribution in [2.75, 3.05) is 0 Å². The third-order valence-electron chi connectivity index (χ3n) is 5.89. The Kier molecular flexibility index (Phi) is 4.61. The summed E-state index contributed by atoms with van der Waals surface area (Å²) in [5, 5.41) is 3.83. The van der Waals surface area contributed by atoms with E-state index in [1.165, 1.54) is 30.4 Å². The summed E-state index contributed by atoms with van der Waals surface area (Å²) in [5.41, 5.74) is 2.70. The van der Waals surface area contributed by atoms with Gasteiger partial charge in [0.2, 0.25) is 0 Å². The van der Waals surface area contributed by atoms with Gasteiger partial charge in [-0.3, -0.25) is 0 Å². The molecule has 0 aliphatic heterocycles. The van der Waals surface area contributed by atoms with Crippen LogP contribution in [-0.2, 0) is 13.0 Å². The van der Waals surface area contributed by atoms with Gasteiger partial charge in [-0.2, -0.15) is 0 Å². The molecule has 3 heteroatoms. The van der Waals surface area contributed by atoms with Crippen molar-refractivity contribution in [1.29, 1.82) is 0 Å².